The monoisotopic (exact) mass is 462 g/mol. The molecule has 1 fully saturated rings. The SMILES string of the molecule is CN1CCN(CCOc2ccc(-c3ccc(CC(=O)NCc4cccc(F)c4)nc3)cc2)CC1. The van der Waals surface area contributed by atoms with Crippen molar-refractivity contribution in [1.82, 2.24) is 20.1 Å². The second kappa shape index (κ2) is 11.7. The third kappa shape index (κ3) is 7.10. The molecule has 7 heteroatoms. The topological polar surface area (TPSA) is 57.7 Å². The molecule has 1 aliphatic rings. The lowest BCUT2D eigenvalue weighted by Crippen LogP contribution is -2.45. The molecule has 178 valence electrons. The van der Waals surface area contributed by atoms with Gasteiger partial charge in [-0.05, 0) is 48.5 Å². The van der Waals surface area contributed by atoms with Crippen LogP contribution in [0.4, 0.5) is 4.39 Å². The van der Waals surface area contributed by atoms with Crippen molar-refractivity contribution in [3.63, 3.8) is 0 Å². The molecule has 1 aromatic heterocycles. The molecular weight excluding hydrogens is 431 g/mol. The van der Waals surface area contributed by atoms with Crippen molar-refractivity contribution in [2.75, 3.05) is 46.4 Å². The van der Waals surface area contributed by atoms with Crippen molar-refractivity contribution >= 4 is 5.91 Å². The number of carbonyl (C=O) groups is 1. The number of aromatic nitrogens is 1. The third-order valence-electron chi connectivity index (χ3n) is 6.00. The van der Waals surface area contributed by atoms with Crippen molar-refractivity contribution in [3.8, 4) is 16.9 Å². The van der Waals surface area contributed by atoms with Crippen molar-refractivity contribution in [3.05, 3.63) is 83.9 Å². The van der Waals surface area contributed by atoms with Gasteiger partial charge in [0.05, 0.1) is 6.42 Å². The Morgan fingerprint density at radius 2 is 1.79 bits per heavy atom. The van der Waals surface area contributed by atoms with Gasteiger partial charge in [-0.3, -0.25) is 14.7 Å². The largest absolute Gasteiger partial charge is 0.492 e. The van der Waals surface area contributed by atoms with E-state index in [1.54, 1.807) is 18.3 Å². The Balaban J connectivity index is 1.22. The number of piperazine rings is 1. The van der Waals surface area contributed by atoms with Crippen LogP contribution in [0.2, 0.25) is 0 Å². The van der Waals surface area contributed by atoms with E-state index in [2.05, 4.69) is 27.1 Å². The van der Waals surface area contributed by atoms with Crippen LogP contribution in [0, 0.1) is 5.82 Å². The molecule has 6 nitrogen and oxygen atoms in total. The normalized spacial score (nSPS) is 14.6. The van der Waals surface area contributed by atoms with E-state index >= 15 is 0 Å². The van der Waals surface area contributed by atoms with E-state index in [1.807, 2.05) is 36.4 Å². The molecule has 0 saturated carbocycles. The van der Waals surface area contributed by atoms with Crippen LogP contribution in [0.1, 0.15) is 11.3 Å². The van der Waals surface area contributed by atoms with E-state index < -0.39 is 0 Å². The van der Waals surface area contributed by atoms with Crippen LogP contribution in [0.25, 0.3) is 11.1 Å². The Hall–Kier alpha value is -3.29. The zero-order valence-corrected chi connectivity index (χ0v) is 19.5. The molecule has 4 rings (SSSR count). The molecule has 0 unspecified atom stereocenters. The summed E-state index contributed by atoms with van der Waals surface area (Å²) in [5.74, 6) is 0.397. The summed E-state index contributed by atoms with van der Waals surface area (Å²) in [5.41, 5.74) is 3.43. The maximum atomic E-state index is 13.2. The summed E-state index contributed by atoms with van der Waals surface area (Å²) in [6.07, 6.45) is 1.95. The maximum Gasteiger partial charge on any atom is 0.226 e. The summed E-state index contributed by atoms with van der Waals surface area (Å²) in [5, 5.41) is 2.80. The van der Waals surface area contributed by atoms with Gasteiger partial charge in [0.1, 0.15) is 18.2 Å². The first-order valence-corrected chi connectivity index (χ1v) is 11.7. The van der Waals surface area contributed by atoms with E-state index in [4.69, 9.17) is 4.74 Å². The van der Waals surface area contributed by atoms with Gasteiger partial charge < -0.3 is 15.0 Å². The fourth-order valence-corrected chi connectivity index (χ4v) is 3.88. The van der Waals surface area contributed by atoms with Crippen molar-refractivity contribution in [2.45, 2.75) is 13.0 Å². The third-order valence-corrected chi connectivity index (χ3v) is 6.00. The van der Waals surface area contributed by atoms with Gasteiger partial charge in [-0.15, -0.1) is 0 Å². The average Bonchev–Trinajstić information content (AvgIpc) is 2.85. The van der Waals surface area contributed by atoms with Crippen molar-refractivity contribution in [2.24, 2.45) is 0 Å². The lowest BCUT2D eigenvalue weighted by Gasteiger charge is -2.32. The highest BCUT2D eigenvalue weighted by Gasteiger charge is 2.13. The Bertz CT molecular complexity index is 1060. The van der Waals surface area contributed by atoms with Gasteiger partial charge >= 0.3 is 0 Å². The summed E-state index contributed by atoms with van der Waals surface area (Å²) in [7, 11) is 2.16. The van der Waals surface area contributed by atoms with Crippen LogP contribution in [0.5, 0.6) is 5.75 Å². The standard InChI is InChI=1S/C27H31FN4O2/c1-31-11-13-32(14-12-31)15-16-34-26-9-6-22(7-10-26)23-5-8-25(29-20-23)18-27(33)30-19-21-3-2-4-24(28)17-21/h2-10,17,20H,11-16,18-19H2,1H3,(H,30,33). The first kappa shape index (κ1) is 23.9. The molecule has 2 heterocycles. The second-order valence-corrected chi connectivity index (χ2v) is 8.64. The molecule has 1 saturated heterocycles. The van der Waals surface area contributed by atoms with E-state index in [9.17, 15) is 9.18 Å². The van der Waals surface area contributed by atoms with Crippen LogP contribution < -0.4 is 10.1 Å². The minimum Gasteiger partial charge on any atom is -0.492 e. The number of nitrogens with one attached hydrogen (secondary N) is 1. The number of nitrogens with zero attached hydrogens (tertiary/aromatic N) is 3. The number of halogens is 1. The quantitative estimate of drug-likeness (QED) is 0.529. The molecule has 0 spiro atoms. The summed E-state index contributed by atoms with van der Waals surface area (Å²) < 4.78 is 19.2. The molecule has 1 aliphatic heterocycles. The number of amides is 1. The summed E-state index contributed by atoms with van der Waals surface area (Å²) in [4.78, 5) is 21.4. The van der Waals surface area contributed by atoms with Gasteiger partial charge in [-0.1, -0.05) is 30.3 Å². The number of carbonyl (C=O) groups excluding carboxylic acids is 1. The minimum atomic E-state index is -0.311. The Morgan fingerprint density at radius 3 is 2.50 bits per heavy atom. The van der Waals surface area contributed by atoms with Crippen LogP contribution in [-0.2, 0) is 17.8 Å². The minimum absolute atomic E-state index is 0.150. The van der Waals surface area contributed by atoms with Gasteiger partial charge in [0, 0.05) is 56.7 Å². The molecule has 34 heavy (non-hydrogen) atoms. The molecule has 0 atom stereocenters. The molecule has 1 N–H and O–H groups in total. The Kier molecular flexibility index (Phi) is 8.22. The van der Waals surface area contributed by atoms with Crippen LogP contribution >= 0.6 is 0 Å². The fraction of sp³-hybridized carbons (Fsp3) is 0.333. The fourth-order valence-electron chi connectivity index (χ4n) is 3.88. The lowest BCUT2D eigenvalue weighted by atomic mass is 10.1. The zero-order chi connectivity index (χ0) is 23.8. The highest BCUT2D eigenvalue weighted by molar-refractivity contribution is 5.78. The summed E-state index contributed by atoms with van der Waals surface area (Å²) in [6, 6.07) is 18.0. The lowest BCUT2D eigenvalue weighted by molar-refractivity contribution is -0.120. The highest BCUT2D eigenvalue weighted by Crippen LogP contribution is 2.22. The molecule has 0 radical (unpaired) electrons. The molecular formula is C27H31FN4O2. The highest BCUT2D eigenvalue weighted by atomic mass is 19.1. The van der Waals surface area contributed by atoms with Gasteiger partial charge in [-0.2, -0.15) is 0 Å². The van der Waals surface area contributed by atoms with E-state index in [0.29, 0.717) is 18.8 Å². The summed E-state index contributed by atoms with van der Waals surface area (Å²) >= 11 is 0. The number of hydrogen-bond donors (Lipinski definition) is 1. The van der Waals surface area contributed by atoms with Gasteiger partial charge in [0.2, 0.25) is 5.91 Å². The molecule has 3 aromatic rings. The predicted molar refractivity (Wildman–Crippen MR) is 131 cm³/mol. The Labute approximate surface area is 200 Å². The van der Waals surface area contributed by atoms with Gasteiger partial charge in [0.15, 0.2) is 0 Å². The predicted octanol–water partition coefficient (Wildman–Crippen LogP) is 3.37. The number of pyridine rings is 1. The van der Waals surface area contributed by atoms with E-state index in [-0.39, 0.29) is 18.1 Å². The van der Waals surface area contributed by atoms with Crippen LogP contribution in [-0.4, -0.2) is 67.1 Å². The summed E-state index contributed by atoms with van der Waals surface area (Å²) in [6.45, 7) is 6.32. The zero-order valence-electron chi connectivity index (χ0n) is 19.5. The molecule has 2 aromatic carbocycles. The van der Waals surface area contributed by atoms with Gasteiger partial charge in [0.25, 0.3) is 0 Å². The first-order valence-electron chi connectivity index (χ1n) is 11.7. The van der Waals surface area contributed by atoms with Crippen LogP contribution in [0.3, 0.4) is 0 Å². The van der Waals surface area contributed by atoms with E-state index in [1.165, 1.54) is 12.1 Å². The first-order chi connectivity index (χ1) is 16.5. The number of likely N-dealkylation sites (N-methyl/N-ethyl adjacent to an activating group) is 1. The maximum absolute atomic E-state index is 13.2. The van der Waals surface area contributed by atoms with Crippen molar-refractivity contribution < 1.29 is 13.9 Å². The number of benzene rings is 2. The van der Waals surface area contributed by atoms with E-state index in [0.717, 1.165) is 55.2 Å². The molecule has 0 bridgehead atoms. The van der Waals surface area contributed by atoms with Crippen LogP contribution in [0.15, 0.2) is 66.9 Å². The number of rotatable bonds is 9. The average molecular weight is 463 g/mol. The second-order valence-electron chi connectivity index (χ2n) is 8.64. The number of hydrogen-bond acceptors (Lipinski definition) is 5. The molecule has 1 amide bonds. The Morgan fingerprint density at radius 1 is 1.03 bits per heavy atom. The molecule has 0 aliphatic carbocycles. The van der Waals surface area contributed by atoms with Gasteiger partial charge in [-0.25, -0.2) is 4.39 Å². The van der Waals surface area contributed by atoms with Crippen molar-refractivity contribution in [1.29, 1.82) is 0 Å². The smallest absolute Gasteiger partial charge is 0.226 e. The number of ether oxygens (including phenoxy) is 1.